The second-order valence-corrected chi connectivity index (χ2v) is 8.31. The number of nitrogen functional groups attached to an aromatic ring is 1. The van der Waals surface area contributed by atoms with Crippen LogP contribution in [0.1, 0.15) is 34.9 Å². The van der Waals surface area contributed by atoms with Crippen molar-refractivity contribution < 1.29 is 9.18 Å². The summed E-state index contributed by atoms with van der Waals surface area (Å²) in [5.74, 6) is 0.584. The van der Waals surface area contributed by atoms with E-state index in [0.717, 1.165) is 31.8 Å². The average Bonchev–Trinajstić information content (AvgIpc) is 3.21. The number of nitrogens with zero attached hydrogens (tertiary/aromatic N) is 5. The molecule has 0 aliphatic carbocycles. The Bertz CT molecular complexity index is 1320. The van der Waals surface area contributed by atoms with Crippen molar-refractivity contribution in [2.24, 2.45) is 0 Å². The van der Waals surface area contributed by atoms with Gasteiger partial charge >= 0.3 is 0 Å². The summed E-state index contributed by atoms with van der Waals surface area (Å²) in [7, 11) is 2.10. The molecule has 33 heavy (non-hydrogen) atoms. The highest BCUT2D eigenvalue weighted by Crippen LogP contribution is 2.34. The normalized spacial score (nSPS) is 16.7. The molecule has 0 radical (unpaired) electrons. The minimum Gasteiger partial charge on any atom is -0.382 e. The molecule has 1 aliphatic rings. The molecule has 0 spiro atoms. The van der Waals surface area contributed by atoms with Gasteiger partial charge in [0, 0.05) is 36.6 Å². The maximum atomic E-state index is 15.0. The fourth-order valence-electron chi connectivity index (χ4n) is 4.42. The Morgan fingerprint density at radius 1 is 1.21 bits per heavy atom. The highest BCUT2D eigenvalue weighted by molar-refractivity contribution is 6.04. The highest BCUT2D eigenvalue weighted by atomic mass is 19.1. The van der Waals surface area contributed by atoms with E-state index in [-0.39, 0.29) is 11.5 Å². The lowest BCUT2D eigenvalue weighted by Gasteiger charge is -2.28. The summed E-state index contributed by atoms with van der Waals surface area (Å²) in [4.78, 5) is 28.0. The third-order valence-corrected chi connectivity index (χ3v) is 5.99. The van der Waals surface area contributed by atoms with Gasteiger partial charge in [-0.1, -0.05) is 12.1 Å². The van der Waals surface area contributed by atoms with Gasteiger partial charge < -0.3 is 16.0 Å². The van der Waals surface area contributed by atoms with Crippen LogP contribution in [0.2, 0.25) is 0 Å². The zero-order valence-electron chi connectivity index (χ0n) is 18.2. The summed E-state index contributed by atoms with van der Waals surface area (Å²) in [6, 6.07) is 9.57. The van der Waals surface area contributed by atoms with Gasteiger partial charge in [-0.05, 0) is 50.7 Å². The van der Waals surface area contributed by atoms with Gasteiger partial charge in [0.15, 0.2) is 0 Å². The maximum absolute atomic E-state index is 15.0. The number of imidazole rings is 1. The number of aromatic nitrogens is 4. The van der Waals surface area contributed by atoms with Gasteiger partial charge in [-0.3, -0.25) is 9.20 Å². The van der Waals surface area contributed by atoms with Gasteiger partial charge in [0.25, 0.3) is 5.91 Å². The molecule has 1 unspecified atom stereocenters. The Labute approximate surface area is 190 Å². The zero-order chi connectivity index (χ0) is 22.9. The summed E-state index contributed by atoms with van der Waals surface area (Å²) in [6.45, 7) is 1.95. The predicted molar refractivity (Wildman–Crippen MR) is 124 cm³/mol. The minimum atomic E-state index is -0.650. The molecule has 168 valence electrons. The lowest BCUT2D eigenvalue weighted by molar-refractivity contribution is 0.102. The van der Waals surface area contributed by atoms with Crippen molar-refractivity contribution >= 4 is 23.1 Å². The van der Waals surface area contributed by atoms with Crippen molar-refractivity contribution in [3.8, 4) is 11.3 Å². The van der Waals surface area contributed by atoms with Crippen LogP contribution in [0.5, 0.6) is 0 Å². The molecule has 9 heteroatoms. The quantitative estimate of drug-likeness (QED) is 0.498. The minimum absolute atomic E-state index is 0.0758. The van der Waals surface area contributed by atoms with Gasteiger partial charge in [-0.2, -0.15) is 0 Å². The number of likely N-dealkylation sites (N-methyl/N-ethyl adjacent to an activating group) is 1. The van der Waals surface area contributed by atoms with Crippen LogP contribution in [0.3, 0.4) is 0 Å². The molecule has 3 aromatic heterocycles. The van der Waals surface area contributed by atoms with Crippen LogP contribution in [-0.2, 0) is 0 Å². The van der Waals surface area contributed by atoms with Gasteiger partial charge in [0.05, 0.1) is 5.56 Å². The molecule has 1 atom stereocenters. The molecule has 3 N–H and O–H groups in total. The first-order chi connectivity index (χ1) is 16.0. The lowest BCUT2D eigenvalue weighted by atomic mass is 9.98. The number of benzene rings is 1. The molecule has 0 saturated carbocycles. The van der Waals surface area contributed by atoms with Crippen molar-refractivity contribution in [1.82, 2.24) is 24.3 Å². The largest absolute Gasteiger partial charge is 0.382 e. The van der Waals surface area contributed by atoms with Crippen LogP contribution >= 0.6 is 0 Å². The topological polar surface area (TPSA) is 101 Å². The fourth-order valence-corrected chi connectivity index (χ4v) is 4.42. The zero-order valence-corrected chi connectivity index (χ0v) is 18.2. The van der Waals surface area contributed by atoms with Crippen LogP contribution < -0.4 is 11.1 Å². The lowest BCUT2D eigenvalue weighted by Crippen LogP contribution is -2.31. The monoisotopic (exact) mass is 445 g/mol. The molecule has 4 aromatic rings. The molecule has 5 rings (SSSR count). The van der Waals surface area contributed by atoms with Crippen molar-refractivity contribution in [3.05, 3.63) is 72.2 Å². The first-order valence-electron chi connectivity index (χ1n) is 10.8. The molecule has 1 aliphatic heterocycles. The van der Waals surface area contributed by atoms with E-state index in [9.17, 15) is 4.79 Å². The number of nitrogens with two attached hydrogens (primary N) is 1. The van der Waals surface area contributed by atoms with E-state index < -0.39 is 11.7 Å². The van der Waals surface area contributed by atoms with Crippen molar-refractivity contribution in [1.29, 1.82) is 0 Å². The number of nitrogens with one attached hydrogen (secondary N) is 1. The number of amides is 1. The van der Waals surface area contributed by atoms with E-state index >= 15 is 4.39 Å². The SMILES string of the molecule is CN1CCCC(c2nc(-c3ccc(C(=O)Nc4ccccn4)c(F)c3)c3c(N)nccn23)C1. The van der Waals surface area contributed by atoms with Crippen LogP contribution in [0.25, 0.3) is 16.8 Å². The summed E-state index contributed by atoms with van der Waals surface area (Å²) < 4.78 is 17.0. The Balaban J connectivity index is 1.53. The number of piperidine rings is 1. The molecular formula is C24H24FN7O. The van der Waals surface area contributed by atoms with E-state index in [4.69, 9.17) is 10.7 Å². The van der Waals surface area contributed by atoms with Crippen LogP contribution in [0.4, 0.5) is 16.0 Å². The second-order valence-electron chi connectivity index (χ2n) is 8.31. The van der Waals surface area contributed by atoms with Gasteiger partial charge in [0.2, 0.25) is 0 Å². The molecule has 0 bridgehead atoms. The average molecular weight is 446 g/mol. The molecule has 1 saturated heterocycles. The Kier molecular flexibility index (Phi) is 5.47. The summed E-state index contributed by atoms with van der Waals surface area (Å²) in [5, 5.41) is 2.60. The second kappa shape index (κ2) is 8.59. The smallest absolute Gasteiger partial charge is 0.259 e. The van der Waals surface area contributed by atoms with Crippen LogP contribution in [0, 0.1) is 5.82 Å². The number of carbonyl (C=O) groups is 1. The molecular weight excluding hydrogens is 421 g/mol. The third-order valence-electron chi connectivity index (χ3n) is 5.99. The summed E-state index contributed by atoms with van der Waals surface area (Å²) in [6.07, 6.45) is 7.15. The number of hydrogen-bond acceptors (Lipinski definition) is 6. The number of carbonyl (C=O) groups excluding carboxylic acids is 1. The van der Waals surface area contributed by atoms with E-state index in [1.165, 1.54) is 12.1 Å². The number of fused-ring (bicyclic) bond motifs is 1. The molecule has 1 fully saturated rings. The number of halogens is 1. The van der Waals surface area contributed by atoms with Gasteiger partial charge in [0.1, 0.15) is 34.5 Å². The summed E-state index contributed by atoms with van der Waals surface area (Å²) in [5.41, 5.74) is 7.88. The Hall–Kier alpha value is -3.85. The maximum Gasteiger partial charge on any atom is 0.259 e. The third kappa shape index (κ3) is 4.03. The first kappa shape index (κ1) is 21.0. The molecule has 4 heterocycles. The van der Waals surface area contributed by atoms with E-state index in [1.54, 1.807) is 36.7 Å². The fraction of sp³-hybridized carbons (Fsp3) is 0.250. The number of likely N-dealkylation sites (tertiary alicyclic amines) is 1. The first-order valence-corrected chi connectivity index (χ1v) is 10.8. The van der Waals surface area contributed by atoms with Crippen molar-refractivity contribution in [3.63, 3.8) is 0 Å². The van der Waals surface area contributed by atoms with Gasteiger partial charge in [-0.25, -0.2) is 19.3 Å². The van der Waals surface area contributed by atoms with Crippen LogP contribution in [0.15, 0.2) is 55.0 Å². The Morgan fingerprint density at radius 3 is 2.85 bits per heavy atom. The number of pyridine rings is 1. The summed E-state index contributed by atoms with van der Waals surface area (Å²) >= 11 is 0. The number of rotatable bonds is 4. The van der Waals surface area contributed by atoms with Crippen molar-refractivity contribution in [2.45, 2.75) is 18.8 Å². The van der Waals surface area contributed by atoms with E-state index in [1.807, 2.05) is 10.6 Å². The standard InChI is InChI=1S/C24H24FN7O/c1-31-11-4-5-16(14-31)23-30-20(21-22(26)28-10-12-32(21)23)15-7-8-17(18(25)13-15)24(33)29-19-6-2-3-9-27-19/h2-3,6-10,12-13,16H,4-5,11,14H2,1H3,(H2,26,28)(H,27,29,33). The number of anilines is 2. The predicted octanol–water partition coefficient (Wildman–Crippen LogP) is 3.57. The number of hydrogen-bond donors (Lipinski definition) is 2. The molecule has 1 aromatic carbocycles. The molecule has 1 amide bonds. The van der Waals surface area contributed by atoms with Crippen LogP contribution in [-0.4, -0.2) is 50.3 Å². The molecule has 8 nitrogen and oxygen atoms in total. The van der Waals surface area contributed by atoms with Crippen molar-refractivity contribution in [2.75, 3.05) is 31.2 Å². The van der Waals surface area contributed by atoms with E-state index in [0.29, 0.717) is 28.4 Å². The Morgan fingerprint density at radius 2 is 2.09 bits per heavy atom. The van der Waals surface area contributed by atoms with E-state index in [2.05, 4.69) is 27.2 Å². The highest BCUT2D eigenvalue weighted by Gasteiger charge is 2.26. The van der Waals surface area contributed by atoms with Gasteiger partial charge in [-0.15, -0.1) is 0 Å².